The average Bonchev–Trinajstić information content (AvgIpc) is 3.06. The molecule has 0 saturated carbocycles. The van der Waals surface area contributed by atoms with Crippen molar-refractivity contribution in [2.45, 2.75) is 32.1 Å². The van der Waals surface area contributed by atoms with Crippen LogP contribution in [0.15, 0.2) is 42.5 Å². The molecule has 1 aliphatic heterocycles. The van der Waals surface area contributed by atoms with Gasteiger partial charge >= 0.3 is 0 Å². The number of hydrogen-bond acceptors (Lipinski definition) is 1. The molecule has 0 spiro atoms. The molecule has 1 atom stereocenters. The largest absolute Gasteiger partial charge is 0.303 e. The van der Waals surface area contributed by atoms with Gasteiger partial charge in [-0.05, 0) is 68.1 Å². The summed E-state index contributed by atoms with van der Waals surface area (Å²) in [5.41, 5.74) is 3.58. The van der Waals surface area contributed by atoms with Gasteiger partial charge in [-0.2, -0.15) is 0 Å². The van der Waals surface area contributed by atoms with Crippen LogP contribution in [-0.2, 0) is 0 Å². The first-order valence-electron chi connectivity index (χ1n) is 8.41. The van der Waals surface area contributed by atoms with E-state index in [4.69, 9.17) is 23.2 Å². The van der Waals surface area contributed by atoms with E-state index in [1.165, 1.54) is 44.5 Å². The van der Waals surface area contributed by atoms with Gasteiger partial charge in [0.15, 0.2) is 0 Å². The summed E-state index contributed by atoms with van der Waals surface area (Å²) >= 11 is 12.3. The molecule has 23 heavy (non-hydrogen) atoms. The summed E-state index contributed by atoms with van der Waals surface area (Å²) < 4.78 is 0. The summed E-state index contributed by atoms with van der Waals surface area (Å²) in [6.07, 6.45) is 3.96. The summed E-state index contributed by atoms with van der Waals surface area (Å²) in [5.74, 6) is 0.588. The molecule has 0 N–H and O–H groups in total. The van der Waals surface area contributed by atoms with Crippen molar-refractivity contribution in [1.29, 1.82) is 0 Å². The molecule has 1 nitrogen and oxygen atoms in total. The van der Waals surface area contributed by atoms with E-state index in [1.54, 1.807) is 6.07 Å². The van der Waals surface area contributed by atoms with Crippen molar-refractivity contribution in [3.05, 3.63) is 58.1 Å². The van der Waals surface area contributed by atoms with Crippen LogP contribution < -0.4 is 0 Å². The van der Waals surface area contributed by atoms with Crippen LogP contribution in [-0.4, -0.2) is 24.5 Å². The molecule has 0 aliphatic carbocycles. The van der Waals surface area contributed by atoms with Crippen molar-refractivity contribution in [2.24, 2.45) is 0 Å². The van der Waals surface area contributed by atoms with Crippen molar-refractivity contribution in [1.82, 2.24) is 4.90 Å². The average molecular weight is 348 g/mol. The maximum Gasteiger partial charge on any atom is 0.0499 e. The number of benzene rings is 2. The molecule has 3 rings (SSSR count). The van der Waals surface area contributed by atoms with Gasteiger partial charge in [-0.1, -0.05) is 60.5 Å². The summed E-state index contributed by atoms with van der Waals surface area (Å²) in [6.45, 7) is 6.09. The Morgan fingerprint density at radius 2 is 1.70 bits per heavy atom. The molecule has 0 aromatic heterocycles. The standard InChI is InChI=1S/C20H23Cl2N/c1-15(10-13-23-11-2-3-12-23)16-4-6-17(7-5-16)19-9-8-18(21)14-20(19)22/h4-9,14-15H,2-3,10-13H2,1H3. The number of hydrogen-bond donors (Lipinski definition) is 0. The second kappa shape index (κ2) is 7.70. The predicted octanol–water partition coefficient (Wildman–Crippen LogP) is 6.25. The van der Waals surface area contributed by atoms with E-state index in [0.717, 1.165) is 11.1 Å². The first-order chi connectivity index (χ1) is 11.1. The van der Waals surface area contributed by atoms with Crippen LogP contribution in [0.1, 0.15) is 37.7 Å². The van der Waals surface area contributed by atoms with Crippen LogP contribution in [0.25, 0.3) is 11.1 Å². The van der Waals surface area contributed by atoms with Crippen molar-refractivity contribution in [2.75, 3.05) is 19.6 Å². The zero-order valence-corrected chi connectivity index (χ0v) is 15.1. The highest BCUT2D eigenvalue weighted by molar-refractivity contribution is 6.36. The molecule has 1 saturated heterocycles. The molecule has 2 aromatic carbocycles. The highest BCUT2D eigenvalue weighted by atomic mass is 35.5. The number of halogens is 2. The molecule has 1 unspecified atom stereocenters. The van der Waals surface area contributed by atoms with E-state index in [0.29, 0.717) is 16.0 Å². The molecule has 3 heteroatoms. The molecular weight excluding hydrogens is 325 g/mol. The molecule has 1 aliphatic rings. The number of nitrogens with zero attached hydrogens (tertiary/aromatic N) is 1. The third-order valence-electron chi connectivity index (χ3n) is 4.80. The van der Waals surface area contributed by atoms with Crippen molar-refractivity contribution in [3.63, 3.8) is 0 Å². The van der Waals surface area contributed by atoms with Crippen LogP contribution in [0.3, 0.4) is 0 Å². The third-order valence-corrected chi connectivity index (χ3v) is 5.35. The quantitative estimate of drug-likeness (QED) is 0.617. The molecule has 0 radical (unpaired) electrons. The van der Waals surface area contributed by atoms with Gasteiger partial charge in [0, 0.05) is 15.6 Å². The summed E-state index contributed by atoms with van der Waals surface area (Å²) in [7, 11) is 0. The van der Waals surface area contributed by atoms with E-state index >= 15 is 0 Å². The molecule has 1 heterocycles. The second-order valence-corrected chi connectivity index (χ2v) is 7.33. The smallest absolute Gasteiger partial charge is 0.0499 e. The van der Waals surface area contributed by atoms with E-state index in [1.807, 2.05) is 12.1 Å². The highest BCUT2D eigenvalue weighted by Crippen LogP contribution is 2.31. The number of rotatable bonds is 5. The summed E-state index contributed by atoms with van der Waals surface area (Å²) in [6, 6.07) is 14.5. The Bertz CT molecular complexity index is 645. The van der Waals surface area contributed by atoms with Gasteiger partial charge in [0.2, 0.25) is 0 Å². The van der Waals surface area contributed by atoms with E-state index in [9.17, 15) is 0 Å². The van der Waals surface area contributed by atoms with Crippen LogP contribution in [0, 0.1) is 0 Å². The van der Waals surface area contributed by atoms with Crippen LogP contribution >= 0.6 is 23.2 Å². The number of likely N-dealkylation sites (tertiary alicyclic amines) is 1. The van der Waals surface area contributed by atoms with E-state index < -0.39 is 0 Å². The van der Waals surface area contributed by atoms with Gasteiger partial charge in [0.25, 0.3) is 0 Å². The van der Waals surface area contributed by atoms with E-state index in [2.05, 4.69) is 36.1 Å². The maximum atomic E-state index is 6.30. The fourth-order valence-electron chi connectivity index (χ4n) is 3.26. The van der Waals surface area contributed by atoms with Gasteiger partial charge < -0.3 is 4.90 Å². The first-order valence-corrected chi connectivity index (χ1v) is 9.17. The Balaban J connectivity index is 1.66. The highest BCUT2D eigenvalue weighted by Gasteiger charge is 2.13. The lowest BCUT2D eigenvalue weighted by Gasteiger charge is -2.18. The van der Waals surface area contributed by atoms with Gasteiger partial charge in [0.1, 0.15) is 0 Å². The van der Waals surface area contributed by atoms with Crippen molar-refractivity contribution in [3.8, 4) is 11.1 Å². The van der Waals surface area contributed by atoms with Gasteiger partial charge in [-0.25, -0.2) is 0 Å². The molecular formula is C20H23Cl2N. The Labute approximate surface area is 149 Å². The molecule has 0 amide bonds. The molecule has 2 aromatic rings. The van der Waals surface area contributed by atoms with E-state index in [-0.39, 0.29) is 0 Å². The minimum Gasteiger partial charge on any atom is -0.303 e. The Hall–Kier alpha value is -1.02. The molecule has 1 fully saturated rings. The fourth-order valence-corrected chi connectivity index (χ4v) is 3.78. The zero-order chi connectivity index (χ0) is 16.2. The van der Waals surface area contributed by atoms with Gasteiger partial charge in [0.05, 0.1) is 0 Å². The topological polar surface area (TPSA) is 3.24 Å². The van der Waals surface area contributed by atoms with Gasteiger partial charge in [-0.3, -0.25) is 0 Å². The first kappa shape index (κ1) is 16.8. The summed E-state index contributed by atoms with van der Waals surface area (Å²) in [4.78, 5) is 2.58. The second-order valence-electron chi connectivity index (χ2n) is 6.48. The van der Waals surface area contributed by atoms with Crippen LogP contribution in [0.5, 0.6) is 0 Å². The Kier molecular flexibility index (Phi) is 5.63. The molecule has 122 valence electrons. The lowest BCUT2D eigenvalue weighted by atomic mass is 9.95. The van der Waals surface area contributed by atoms with Crippen molar-refractivity contribution < 1.29 is 0 Å². The van der Waals surface area contributed by atoms with Crippen LogP contribution in [0.4, 0.5) is 0 Å². The zero-order valence-electron chi connectivity index (χ0n) is 13.6. The third kappa shape index (κ3) is 4.29. The minimum absolute atomic E-state index is 0.588. The Morgan fingerprint density at radius 3 is 2.35 bits per heavy atom. The lowest BCUT2D eigenvalue weighted by Crippen LogP contribution is -2.21. The maximum absolute atomic E-state index is 6.30. The van der Waals surface area contributed by atoms with Crippen molar-refractivity contribution >= 4 is 23.2 Å². The fraction of sp³-hybridized carbons (Fsp3) is 0.400. The Morgan fingerprint density at radius 1 is 1.00 bits per heavy atom. The monoisotopic (exact) mass is 347 g/mol. The normalized spacial score (nSPS) is 16.7. The molecule has 0 bridgehead atoms. The summed E-state index contributed by atoms with van der Waals surface area (Å²) in [5, 5.41) is 1.37. The lowest BCUT2D eigenvalue weighted by molar-refractivity contribution is 0.324. The minimum atomic E-state index is 0.588. The van der Waals surface area contributed by atoms with Gasteiger partial charge in [-0.15, -0.1) is 0 Å². The predicted molar refractivity (Wildman–Crippen MR) is 101 cm³/mol. The van der Waals surface area contributed by atoms with Crippen LogP contribution in [0.2, 0.25) is 10.0 Å². The SMILES string of the molecule is CC(CCN1CCCC1)c1ccc(-c2ccc(Cl)cc2Cl)cc1.